The smallest absolute Gasteiger partial charge is 0.455 e. The number of ether oxygens (including phenoxy) is 1. The molecular formula is C13H9ClF4N2O2. The highest BCUT2D eigenvalue weighted by Crippen LogP contribution is 2.30. The van der Waals surface area contributed by atoms with E-state index in [0.29, 0.717) is 0 Å². The molecule has 0 unspecified atom stereocenters. The van der Waals surface area contributed by atoms with Crippen molar-refractivity contribution in [2.24, 2.45) is 5.10 Å². The van der Waals surface area contributed by atoms with E-state index in [1.807, 2.05) is 5.43 Å². The summed E-state index contributed by atoms with van der Waals surface area (Å²) in [4.78, 5) is 10.6. The van der Waals surface area contributed by atoms with Gasteiger partial charge in [-0.3, -0.25) is 10.2 Å². The van der Waals surface area contributed by atoms with Crippen molar-refractivity contribution in [2.45, 2.75) is 13.1 Å². The molecule has 0 bridgehead atoms. The highest BCUT2D eigenvalue weighted by molar-refractivity contribution is 6.32. The average molecular weight is 337 g/mol. The van der Waals surface area contributed by atoms with Crippen LogP contribution in [0.1, 0.15) is 6.92 Å². The number of nitrogens with one attached hydrogen (secondary N) is 1. The number of hydrazone groups is 1. The van der Waals surface area contributed by atoms with Crippen LogP contribution in [0, 0.1) is 17.7 Å². The SMILES string of the molecule is CC#CCOc1cc(NN=CC(=O)C(F)(F)F)c(F)cc1Cl. The number of benzene rings is 1. The highest BCUT2D eigenvalue weighted by Gasteiger charge is 2.36. The molecule has 22 heavy (non-hydrogen) atoms. The number of anilines is 1. The minimum Gasteiger partial charge on any atom is -0.479 e. The van der Waals surface area contributed by atoms with Crippen LogP contribution in [0.4, 0.5) is 23.2 Å². The lowest BCUT2D eigenvalue weighted by Gasteiger charge is -2.08. The Balaban J connectivity index is 2.85. The number of Topliss-reactive ketones (excluding diaryl/α,β-unsaturated/α-hetero) is 1. The molecule has 9 heteroatoms. The molecular weight excluding hydrogens is 328 g/mol. The summed E-state index contributed by atoms with van der Waals surface area (Å²) in [5.41, 5.74) is 1.66. The van der Waals surface area contributed by atoms with E-state index >= 15 is 0 Å². The first kappa shape index (κ1) is 17.8. The molecule has 0 radical (unpaired) electrons. The van der Waals surface area contributed by atoms with Gasteiger partial charge in [-0.25, -0.2) is 4.39 Å². The summed E-state index contributed by atoms with van der Waals surface area (Å²) in [6, 6.07) is 1.98. The Bertz CT molecular complexity index is 648. The Hall–Kier alpha value is -2.27. The second-order valence-electron chi connectivity index (χ2n) is 3.71. The van der Waals surface area contributed by atoms with Gasteiger partial charge in [0.25, 0.3) is 5.78 Å². The summed E-state index contributed by atoms with van der Waals surface area (Å²) in [5, 5.41) is 2.98. The third-order valence-corrected chi connectivity index (χ3v) is 2.44. The fourth-order valence-electron chi connectivity index (χ4n) is 1.15. The summed E-state index contributed by atoms with van der Waals surface area (Å²) >= 11 is 5.74. The topological polar surface area (TPSA) is 50.7 Å². The second-order valence-corrected chi connectivity index (χ2v) is 4.12. The van der Waals surface area contributed by atoms with Crippen molar-refractivity contribution in [3.05, 3.63) is 23.0 Å². The molecule has 0 atom stereocenters. The highest BCUT2D eigenvalue weighted by atomic mass is 35.5. The Morgan fingerprint density at radius 1 is 1.50 bits per heavy atom. The van der Waals surface area contributed by atoms with Gasteiger partial charge in [0.1, 0.15) is 18.2 Å². The fraction of sp³-hybridized carbons (Fsp3) is 0.231. The second kappa shape index (κ2) is 7.66. The van der Waals surface area contributed by atoms with E-state index in [9.17, 15) is 22.4 Å². The normalized spacial score (nSPS) is 11.0. The van der Waals surface area contributed by atoms with E-state index in [2.05, 4.69) is 16.9 Å². The lowest BCUT2D eigenvalue weighted by molar-refractivity contribution is -0.162. The van der Waals surface area contributed by atoms with Crippen molar-refractivity contribution in [1.82, 2.24) is 0 Å². The van der Waals surface area contributed by atoms with E-state index < -0.39 is 17.8 Å². The molecule has 1 N–H and O–H groups in total. The zero-order valence-corrected chi connectivity index (χ0v) is 11.8. The van der Waals surface area contributed by atoms with Crippen LogP contribution in [-0.2, 0) is 4.79 Å². The first-order valence-electron chi connectivity index (χ1n) is 5.67. The van der Waals surface area contributed by atoms with Crippen LogP contribution in [0.5, 0.6) is 5.75 Å². The van der Waals surface area contributed by atoms with Crippen LogP contribution in [0.15, 0.2) is 17.2 Å². The molecule has 0 aliphatic carbocycles. The number of hydrogen-bond donors (Lipinski definition) is 1. The fourth-order valence-corrected chi connectivity index (χ4v) is 1.35. The van der Waals surface area contributed by atoms with Gasteiger partial charge in [0, 0.05) is 6.07 Å². The van der Waals surface area contributed by atoms with Crippen LogP contribution in [-0.4, -0.2) is 24.8 Å². The number of carbonyl (C=O) groups is 1. The molecule has 0 saturated heterocycles. The van der Waals surface area contributed by atoms with Crippen molar-refractivity contribution >= 4 is 29.3 Å². The lowest BCUT2D eigenvalue weighted by Crippen LogP contribution is -2.24. The van der Waals surface area contributed by atoms with Gasteiger partial charge in [-0.05, 0) is 13.0 Å². The van der Waals surface area contributed by atoms with E-state index in [-0.39, 0.29) is 29.3 Å². The van der Waals surface area contributed by atoms with Crippen molar-refractivity contribution in [2.75, 3.05) is 12.0 Å². The van der Waals surface area contributed by atoms with Gasteiger partial charge in [0.2, 0.25) is 0 Å². The van der Waals surface area contributed by atoms with E-state index in [0.717, 1.165) is 12.1 Å². The van der Waals surface area contributed by atoms with E-state index in [1.54, 1.807) is 6.92 Å². The Kier molecular flexibility index (Phi) is 6.19. The maximum atomic E-state index is 13.6. The van der Waals surface area contributed by atoms with Crippen LogP contribution in [0.3, 0.4) is 0 Å². The summed E-state index contributed by atoms with van der Waals surface area (Å²) in [6.45, 7) is 1.59. The number of nitrogens with zero attached hydrogens (tertiary/aromatic N) is 1. The van der Waals surface area contributed by atoms with Crippen molar-refractivity contribution in [3.8, 4) is 17.6 Å². The minimum absolute atomic E-state index is 0.00284. The largest absolute Gasteiger partial charge is 0.479 e. The maximum Gasteiger partial charge on any atom is 0.455 e. The van der Waals surface area contributed by atoms with Crippen molar-refractivity contribution in [3.63, 3.8) is 0 Å². The van der Waals surface area contributed by atoms with Gasteiger partial charge < -0.3 is 4.74 Å². The third-order valence-electron chi connectivity index (χ3n) is 2.14. The summed E-state index contributed by atoms with van der Waals surface area (Å²) < 4.78 is 54.6. The minimum atomic E-state index is -5.04. The molecule has 0 aromatic heterocycles. The summed E-state index contributed by atoms with van der Waals surface area (Å²) in [7, 11) is 0. The first-order valence-corrected chi connectivity index (χ1v) is 6.05. The molecule has 0 heterocycles. The maximum absolute atomic E-state index is 13.6. The summed E-state index contributed by atoms with van der Waals surface area (Å²) in [5.74, 6) is 2.16. The van der Waals surface area contributed by atoms with E-state index in [4.69, 9.17) is 16.3 Å². The van der Waals surface area contributed by atoms with Gasteiger partial charge in [-0.2, -0.15) is 18.3 Å². The monoisotopic (exact) mass is 336 g/mol. The first-order chi connectivity index (χ1) is 10.3. The summed E-state index contributed by atoms with van der Waals surface area (Å²) in [6.07, 6.45) is -5.05. The molecule has 0 spiro atoms. The van der Waals surface area contributed by atoms with Crippen LogP contribution in [0.25, 0.3) is 0 Å². The van der Waals surface area contributed by atoms with Gasteiger partial charge in [0.15, 0.2) is 0 Å². The molecule has 1 aromatic rings. The Morgan fingerprint density at radius 2 is 2.18 bits per heavy atom. The Labute approximate surface area is 128 Å². The molecule has 1 aromatic carbocycles. The van der Waals surface area contributed by atoms with Gasteiger partial charge in [0.05, 0.1) is 16.9 Å². The molecule has 118 valence electrons. The number of rotatable bonds is 5. The lowest BCUT2D eigenvalue weighted by atomic mass is 10.3. The quantitative estimate of drug-likeness (QED) is 0.388. The van der Waals surface area contributed by atoms with Crippen LogP contribution in [0.2, 0.25) is 5.02 Å². The van der Waals surface area contributed by atoms with Crippen molar-refractivity contribution in [1.29, 1.82) is 0 Å². The third kappa shape index (κ3) is 5.26. The molecule has 0 aliphatic heterocycles. The molecule has 0 fully saturated rings. The zero-order valence-electron chi connectivity index (χ0n) is 11.1. The number of ketones is 1. The molecule has 0 amide bonds. The van der Waals surface area contributed by atoms with Crippen LogP contribution >= 0.6 is 11.6 Å². The average Bonchev–Trinajstić information content (AvgIpc) is 2.42. The Morgan fingerprint density at radius 3 is 2.77 bits per heavy atom. The standard InChI is InChI=1S/C13H9ClF4N2O2/c1-2-3-4-22-11-6-10(9(15)5-8(11)14)20-19-7-12(21)13(16,17)18/h5-7,20H,4H2,1H3. The van der Waals surface area contributed by atoms with Gasteiger partial charge >= 0.3 is 6.18 Å². The van der Waals surface area contributed by atoms with Gasteiger partial charge in [-0.1, -0.05) is 17.5 Å². The van der Waals surface area contributed by atoms with Crippen LogP contribution < -0.4 is 10.2 Å². The number of hydrogen-bond acceptors (Lipinski definition) is 4. The van der Waals surface area contributed by atoms with E-state index in [1.165, 1.54) is 0 Å². The van der Waals surface area contributed by atoms with Gasteiger partial charge in [-0.15, -0.1) is 5.92 Å². The molecule has 4 nitrogen and oxygen atoms in total. The van der Waals surface area contributed by atoms with Crippen molar-refractivity contribution < 1.29 is 27.1 Å². The number of carbonyl (C=O) groups excluding carboxylic acids is 1. The number of alkyl halides is 3. The predicted octanol–water partition coefficient (Wildman–Crippen LogP) is 3.41. The zero-order chi connectivity index (χ0) is 16.8. The molecule has 0 saturated carbocycles. The molecule has 0 aliphatic rings. The predicted molar refractivity (Wildman–Crippen MR) is 73.5 cm³/mol. The molecule has 1 rings (SSSR count). The number of halogens is 5.